The molecule has 4 aromatic rings. The molecule has 0 aliphatic carbocycles. The highest BCUT2D eigenvalue weighted by molar-refractivity contribution is 6.42. The first-order valence-corrected chi connectivity index (χ1v) is 12.4. The van der Waals surface area contributed by atoms with Gasteiger partial charge >= 0.3 is 0 Å². The molecule has 0 bridgehead atoms. The van der Waals surface area contributed by atoms with E-state index in [2.05, 4.69) is 21.1 Å². The molecule has 0 radical (unpaired) electrons. The van der Waals surface area contributed by atoms with Crippen LogP contribution >= 0.6 is 23.2 Å². The SMILES string of the molecule is C[C@H](Oc1ccc(C#N)cn1)[C@H]1CN(C(=O)c2ccc(-n3cccn3)nc2)C[C@@H]1c1ccc(Cl)c(Cl)c1. The topological polar surface area (TPSA) is 96.9 Å². The number of hydrogen-bond donors (Lipinski definition) is 0. The molecular weight excluding hydrogens is 511 g/mol. The van der Waals surface area contributed by atoms with Crippen LogP contribution < -0.4 is 4.74 Å². The second-order valence-electron chi connectivity index (χ2n) is 8.83. The fourth-order valence-corrected chi connectivity index (χ4v) is 4.90. The van der Waals surface area contributed by atoms with Crippen LogP contribution in [-0.2, 0) is 0 Å². The van der Waals surface area contributed by atoms with Gasteiger partial charge in [0.05, 0.1) is 21.2 Å². The maximum absolute atomic E-state index is 13.5. The van der Waals surface area contributed by atoms with Gasteiger partial charge in [-0.15, -0.1) is 0 Å². The maximum atomic E-state index is 13.5. The highest BCUT2D eigenvalue weighted by Crippen LogP contribution is 2.38. The summed E-state index contributed by atoms with van der Waals surface area (Å²) in [5, 5.41) is 14.1. The van der Waals surface area contributed by atoms with E-state index in [0.29, 0.717) is 46.0 Å². The Morgan fingerprint density at radius 3 is 2.62 bits per heavy atom. The molecule has 8 nitrogen and oxygen atoms in total. The summed E-state index contributed by atoms with van der Waals surface area (Å²) in [5.41, 5.74) is 1.93. The first kappa shape index (κ1) is 24.8. The monoisotopic (exact) mass is 532 g/mol. The van der Waals surface area contributed by atoms with Crippen molar-refractivity contribution in [2.75, 3.05) is 13.1 Å². The van der Waals surface area contributed by atoms with E-state index < -0.39 is 0 Å². The first-order valence-electron chi connectivity index (χ1n) is 11.7. The summed E-state index contributed by atoms with van der Waals surface area (Å²) in [6.45, 7) is 2.92. The zero-order chi connectivity index (χ0) is 25.9. The molecule has 3 atom stereocenters. The van der Waals surface area contributed by atoms with E-state index in [1.54, 1.807) is 53.6 Å². The van der Waals surface area contributed by atoms with E-state index in [1.165, 1.54) is 6.20 Å². The number of pyridine rings is 2. The van der Waals surface area contributed by atoms with Gasteiger partial charge in [0.2, 0.25) is 5.88 Å². The molecule has 1 aliphatic heterocycles. The average molecular weight is 533 g/mol. The van der Waals surface area contributed by atoms with Crippen LogP contribution in [0.4, 0.5) is 0 Å². The molecule has 37 heavy (non-hydrogen) atoms. The number of ether oxygens (including phenoxy) is 1. The fourth-order valence-electron chi connectivity index (χ4n) is 4.60. The molecule has 0 saturated carbocycles. The molecular formula is C27H22Cl2N6O2. The minimum Gasteiger partial charge on any atom is -0.474 e. The predicted octanol–water partition coefficient (Wildman–Crippen LogP) is 5.16. The van der Waals surface area contributed by atoms with E-state index in [4.69, 9.17) is 33.2 Å². The third kappa shape index (κ3) is 5.29. The summed E-state index contributed by atoms with van der Waals surface area (Å²) in [7, 11) is 0. The molecule has 1 aromatic carbocycles. The third-order valence-electron chi connectivity index (χ3n) is 6.53. The number of aromatic nitrogens is 4. The van der Waals surface area contributed by atoms with Crippen LogP contribution in [0, 0.1) is 17.2 Å². The van der Waals surface area contributed by atoms with Crippen molar-refractivity contribution in [3.05, 3.63) is 100 Å². The number of nitriles is 1. The van der Waals surface area contributed by atoms with Gasteiger partial charge in [-0.05, 0) is 48.9 Å². The predicted molar refractivity (Wildman–Crippen MR) is 139 cm³/mol. The molecule has 1 amide bonds. The van der Waals surface area contributed by atoms with Gasteiger partial charge < -0.3 is 9.64 Å². The Hall–Kier alpha value is -3.93. The molecule has 10 heteroatoms. The van der Waals surface area contributed by atoms with Crippen LogP contribution in [0.15, 0.2) is 73.3 Å². The van der Waals surface area contributed by atoms with E-state index in [-0.39, 0.29) is 23.8 Å². The number of hydrogen-bond acceptors (Lipinski definition) is 6. The van der Waals surface area contributed by atoms with Crippen LogP contribution in [-0.4, -0.2) is 49.7 Å². The Kier molecular flexibility index (Phi) is 7.08. The van der Waals surface area contributed by atoms with Crippen molar-refractivity contribution in [3.8, 4) is 17.8 Å². The van der Waals surface area contributed by atoms with Gasteiger partial charge in [-0.1, -0.05) is 29.3 Å². The zero-order valence-electron chi connectivity index (χ0n) is 19.8. The van der Waals surface area contributed by atoms with Crippen molar-refractivity contribution in [2.45, 2.75) is 18.9 Å². The molecule has 0 spiro atoms. The molecule has 186 valence electrons. The van der Waals surface area contributed by atoms with Crippen molar-refractivity contribution in [1.82, 2.24) is 24.6 Å². The van der Waals surface area contributed by atoms with Gasteiger partial charge in [-0.2, -0.15) is 10.4 Å². The van der Waals surface area contributed by atoms with Crippen LogP contribution in [0.25, 0.3) is 5.82 Å². The molecule has 5 rings (SSSR count). The van der Waals surface area contributed by atoms with Gasteiger partial charge in [0.25, 0.3) is 5.91 Å². The fraction of sp³-hybridized carbons (Fsp3) is 0.222. The molecule has 3 aromatic heterocycles. The van der Waals surface area contributed by atoms with E-state index >= 15 is 0 Å². The van der Waals surface area contributed by atoms with Gasteiger partial charge in [-0.3, -0.25) is 4.79 Å². The molecule has 1 aliphatic rings. The molecule has 1 fully saturated rings. The standard InChI is InChI=1S/C27H22Cl2N6O2/c1-17(37-26-8-3-18(12-30)13-32-26)21-15-34(16-22(21)19-4-6-23(28)24(29)11-19)27(36)20-5-7-25(31-14-20)35-10-2-9-33-35/h2-11,13-14,17,21-22H,15-16H2,1H3/t17-,21+,22+/m0/s1. The summed E-state index contributed by atoms with van der Waals surface area (Å²) in [6, 6.07) is 16.3. The second kappa shape index (κ2) is 10.6. The van der Waals surface area contributed by atoms with Crippen molar-refractivity contribution in [3.63, 3.8) is 0 Å². The van der Waals surface area contributed by atoms with Crippen molar-refractivity contribution >= 4 is 29.1 Å². The van der Waals surface area contributed by atoms with Crippen molar-refractivity contribution in [1.29, 1.82) is 5.26 Å². The molecule has 4 heterocycles. The maximum Gasteiger partial charge on any atom is 0.255 e. The Balaban J connectivity index is 1.39. The highest BCUT2D eigenvalue weighted by atomic mass is 35.5. The lowest BCUT2D eigenvalue weighted by Gasteiger charge is -2.25. The zero-order valence-corrected chi connectivity index (χ0v) is 21.3. The number of halogens is 2. The van der Waals surface area contributed by atoms with Crippen LogP contribution in [0.5, 0.6) is 5.88 Å². The Morgan fingerprint density at radius 1 is 1.11 bits per heavy atom. The third-order valence-corrected chi connectivity index (χ3v) is 7.27. The number of carbonyl (C=O) groups is 1. The average Bonchev–Trinajstić information content (AvgIpc) is 3.61. The summed E-state index contributed by atoms with van der Waals surface area (Å²) in [6.07, 6.45) is 6.23. The van der Waals surface area contributed by atoms with Gasteiger partial charge in [0, 0.05) is 55.8 Å². The largest absolute Gasteiger partial charge is 0.474 e. The number of rotatable bonds is 6. The number of benzene rings is 1. The lowest BCUT2D eigenvalue weighted by Crippen LogP contribution is -2.32. The highest BCUT2D eigenvalue weighted by Gasteiger charge is 2.40. The van der Waals surface area contributed by atoms with Gasteiger partial charge in [0.1, 0.15) is 12.2 Å². The summed E-state index contributed by atoms with van der Waals surface area (Å²) < 4.78 is 7.79. The lowest BCUT2D eigenvalue weighted by atomic mass is 9.86. The van der Waals surface area contributed by atoms with Crippen LogP contribution in [0.2, 0.25) is 10.0 Å². The van der Waals surface area contributed by atoms with Crippen molar-refractivity contribution < 1.29 is 9.53 Å². The van der Waals surface area contributed by atoms with E-state index in [0.717, 1.165) is 5.56 Å². The van der Waals surface area contributed by atoms with E-state index in [1.807, 2.05) is 30.0 Å². The minimum atomic E-state index is -0.280. The summed E-state index contributed by atoms with van der Waals surface area (Å²) in [5.74, 6) is 0.850. The number of carbonyl (C=O) groups excluding carboxylic acids is 1. The quantitative estimate of drug-likeness (QED) is 0.340. The van der Waals surface area contributed by atoms with Crippen molar-refractivity contribution in [2.24, 2.45) is 5.92 Å². The number of likely N-dealkylation sites (tertiary alicyclic amines) is 1. The first-order chi connectivity index (χ1) is 17.9. The minimum absolute atomic E-state index is 0.0385. The lowest BCUT2D eigenvalue weighted by molar-refractivity contribution is 0.0769. The second-order valence-corrected chi connectivity index (χ2v) is 9.64. The Labute approximate surface area is 224 Å². The van der Waals surface area contributed by atoms with E-state index in [9.17, 15) is 4.79 Å². The molecule has 1 saturated heterocycles. The Morgan fingerprint density at radius 2 is 1.97 bits per heavy atom. The molecule has 0 N–H and O–H groups in total. The Bertz CT molecular complexity index is 1440. The summed E-state index contributed by atoms with van der Waals surface area (Å²) in [4.78, 5) is 23.9. The van der Waals surface area contributed by atoms with Gasteiger partial charge in [-0.25, -0.2) is 14.6 Å². The van der Waals surface area contributed by atoms with Gasteiger partial charge in [0.15, 0.2) is 5.82 Å². The smallest absolute Gasteiger partial charge is 0.255 e. The number of amides is 1. The normalized spacial score (nSPS) is 17.8. The molecule has 0 unspecified atom stereocenters. The van der Waals surface area contributed by atoms with Crippen LogP contribution in [0.3, 0.4) is 0 Å². The number of nitrogens with zero attached hydrogens (tertiary/aromatic N) is 6. The summed E-state index contributed by atoms with van der Waals surface area (Å²) >= 11 is 12.5. The van der Waals surface area contributed by atoms with Crippen LogP contribution in [0.1, 0.15) is 34.3 Å².